The van der Waals surface area contributed by atoms with Gasteiger partial charge in [-0.1, -0.05) is 19.8 Å². The van der Waals surface area contributed by atoms with Crippen LogP contribution in [0.25, 0.3) is 0 Å². The third-order valence-corrected chi connectivity index (χ3v) is 4.08. The van der Waals surface area contributed by atoms with Crippen LogP contribution < -0.4 is 10.6 Å². The third kappa shape index (κ3) is 4.48. The molecule has 0 bridgehead atoms. The van der Waals surface area contributed by atoms with Gasteiger partial charge in [-0.3, -0.25) is 0 Å². The van der Waals surface area contributed by atoms with Crippen molar-refractivity contribution < 1.29 is 14.3 Å². The van der Waals surface area contributed by atoms with E-state index < -0.39 is 0 Å². The van der Waals surface area contributed by atoms with Gasteiger partial charge in [0.25, 0.3) is 0 Å². The molecule has 2 atom stereocenters. The predicted molar refractivity (Wildman–Crippen MR) is 86.0 cm³/mol. The predicted octanol–water partition coefficient (Wildman–Crippen LogP) is 3.56. The van der Waals surface area contributed by atoms with E-state index in [1.54, 1.807) is 31.2 Å². The van der Waals surface area contributed by atoms with Crippen LogP contribution in [0.15, 0.2) is 24.3 Å². The molecule has 0 aliphatic heterocycles. The lowest BCUT2D eigenvalue weighted by atomic mass is 9.86. The Bertz CT molecular complexity index is 513. The maximum absolute atomic E-state index is 12.0. The molecule has 2 amide bonds. The number of benzene rings is 1. The summed E-state index contributed by atoms with van der Waals surface area (Å²) in [4.78, 5) is 23.6. The van der Waals surface area contributed by atoms with Crippen LogP contribution >= 0.6 is 0 Å². The van der Waals surface area contributed by atoms with E-state index in [1.165, 1.54) is 19.3 Å². The zero-order valence-corrected chi connectivity index (χ0v) is 13.2. The molecule has 0 radical (unpaired) electrons. The molecule has 1 aromatic carbocycles. The highest BCUT2D eigenvalue weighted by Crippen LogP contribution is 2.23. The molecule has 0 heterocycles. The lowest BCUT2D eigenvalue weighted by Crippen LogP contribution is -2.43. The van der Waals surface area contributed by atoms with Crippen molar-refractivity contribution in [3.8, 4) is 0 Å². The molecule has 1 aromatic rings. The molecule has 0 saturated heterocycles. The minimum absolute atomic E-state index is 0.192. The van der Waals surface area contributed by atoms with E-state index >= 15 is 0 Å². The van der Waals surface area contributed by atoms with Gasteiger partial charge in [-0.15, -0.1) is 0 Å². The summed E-state index contributed by atoms with van der Waals surface area (Å²) in [7, 11) is 0. The van der Waals surface area contributed by atoms with E-state index in [4.69, 9.17) is 4.74 Å². The first-order valence-corrected chi connectivity index (χ1v) is 7.95. The number of hydrogen-bond acceptors (Lipinski definition) is 3. The molecular weight excluding hydrogens is 280 g/mol. The van der Waals surface area contributed by atoms with Gasteiger partial charge in [0.2, 0.25) is 0 Å². The van der Waals surface area contributed by atoms with Gasteiger partial charge in [0.05, 0.1) is 12.2 Å². The van der Waals surface area contributed by atoms with Gasteiger partial charge in [-0.25, -0.2) is 9.59 Å². The first kappa shape index (κ1) is 16.3. The topological polar surface area (TPSA) is 67.4 Å². The van der Waals surface area contributed by atoms with E-state index in [-0.39, 0.29) is 18.0 Å². The van der Waals surface area contributed by atoms with Crippen molar-refractivity contribution in [1.29, 1.82) is 0 Å². The molecular formula is C17H24N2O3. The summed E-state index contributed by atoms with van der Waals surface area (Å²) >= 11 is 0. The number of hydrogen-bond donors (Lipinski definition) is 2. The van der Waals surface area contributed by atoms with Gasteiger partial charge >= 0.3 is 12.0 Å². The molecule has 0 aromatic heterocycles. The highest BCUT2D eigenvalue weighted by atomic mass is 16.5. The molecule has 22 heavy (non-hydrogen) atoms. The monoisotopic (exact) mass is 304 g/mol. The fraction of sp³-hybridized carbons (Fsp3) is 0.529. The van der Waals surface area contributed by atoms with Gasteiger partial charge in [0.1, 0.15) is 0 Å². The third-order valence-electron chi connectivity index (χ3n) is 4.08. The molecule has 1 aliphatic rings. The van der Waals surface area contributed by atoms with Gasteiger partial charge in [-0.05, 0) is 49.9 Å². The van der Waals surface area contributed by atoms with Crippen molar-refractivity contribution in [2.24, 2.45) is 5.92 Å². The SMILES string of the molecule is CCOC(=O)c1ccc(NC(=O)N[C@H]2CCCC[C@H]2C)cc1. The quantitative estimate of drug-likeness (QED) is 0.836. The Morgan fingerprint density at radius 1 is 1.18 bits per heavy atom. The van der Waals surface area contributed by atoms with Crippen LogP contribution in [0, 0.1) is 5.92 Å². The highest BCUT2D eigenvalue weighted by Gasteiger charge is 2.22. The second-order valence-corrected chi connectivity index (χ2v) is 5.76. The minimum atomic E-state index is -0.352. The average molecular weight is 304 g/mol. The highest BCUT2D eigenvalue weighted by molar-refractivity contribution is 5.92. The van der Waals surface area contributed by atoms with E-state index in [2.05, 4.69) is 17.6 Å². The molecule has 1 fully saturated rings. The summed E-state index contributed by atoms with van der Waals surface area (Å²) in [5.41, 5.74) is 1.14. The molecule has 1 saturated carbocycles. The molecule has 2 rings (SSSR count). The van der Waals surface area contributed by atoms with Crippen LogP contribution in [-0.2, 0) is 4.74 Å². The smallest absolute Gasteiger partial charge is 0.338 e. The second kappa shape index (κ2) is 7.82. The Balaban J connectivity index is 1.87. The van der Waals surface area contributed by atoms with Crippen molar-refractivity contribution >= 4 is 17.7 Å². The second-order valence-electron chi connectivity index (χ2n) is 5.76. The van der Waals surface area contributed by atoms with E-state index in [0.717, 1.165) is 6.42 Å². The number of ether oxygens (including phenoxy) is 1. The molecule has 5 nitrogen and oxygen atoms in total. The summed E-state index contributed by atoms with van der Waals surface area (Å²) in [6.45, 7) is 4.30. The van der Waals surface area contributed by atoms with Gasteiger partial charge < -0.3 is 15.4 Å². The van der Waals surface area contributed by atoms with Gasteiger partial charge in [-0.2, -0.15) is 0 Å². The summed E-state index contributed by atoms with van der Waals surface area (Å²) in [5.74, 6) is 0.167. The van der Waals surface area contributed by atoms with Crippen LogP contribution in [0.3, 0.4) is 0 Å². The average Bonchev–Trinajstić information content (AvgIpc) is 2.50. The van der Waals surface area contributed by atoms with Crippen molar-refractivity contribution in [3.63, 3.8) is 0 Å². The van der Waals surface area contributed by atoms with Gasteiger partial charge in [0, 0.05) is 11.7 Å². The van der Waals surface area contributed by atoms with Crippen molar-refractivity contribution in [2.45, 2.75) is 45.6 Å². The Labute approximate surface area is 131 Å². The zero-order valence-electron chi connectivity index (χ0n) is 13.2. The number of urea groups is 1. The fourth-order valence-electron chi connectivity index (χ4n) is 2.77. The molecule has 0 unspecified atom stereocenters. The van der Waals surface area contributed by atoms with Crippen LogP contribution in [0.4, 0.5) is 10.5 Å². The zero-order chi connectivity index (χ0) is 15.9. The first-order valence-electron chi connectivity index (χ1n) is 7.95. The van der Waals surface area contributed by atoms with Crippen molar-refractivity contribution in [2.75, 3.05) is 11.9 Å². The van der Waals surface area contributed by atoms with Crippen LogP contribution in [0.1, 0.15) is 49.9 Å². The molecule has 0 spiro atoms. The van der Waals surface area contributed by atoms with Crippen molar-refractivity contribution in [3.05, 3.63) is 29.8 Å². The molecule has 1 aliphatic carbocycles. The molecule has 2 N–H and O–H groups in total. The van der Waals surface area contributed by atoms with Crippen LogP contribution in [-0.4, -0.2) is 24.6 Å². The van der Waals surface area contributed by atoms with E-state index in [9.17, 15) is 9.59 Å². The lowest BCUT2D eigenvalue weighted by Gasteiger charge is -2.29. The number of amides is 2. The summed E-state index contributed by atoms with van der Waals surface area (Å²) < 4.78 is 4.92. The van der Waals surface area contributed by atoms with E-state index in [1.807, 2.05) is 0 Å². The number of carbonyl (C=O) groups excluding carboxylic acids is 2. The van der Waals surface area contributed by atoms with Gasteiger partial charge in [0.15, 0.2) is 0 Å². The minimum Gasteiger partial charge on any atom is -0.462 e. The number of nitrogens with one attached hydrogen (secondary N) is 2. The largest absolute Gasteiger partial charge is 0.462 e. The number of esters is 1. The molecule has 5 heteroatoms. The Kier molecular flexibility index (Phi) is 5.81. The number of carbonyl (C=O) groups is 2. The van der Waals surface area contributed by atoms with Crippen LogP contribution in [0.5, 0.6) is 0 Å². The summed E-state index contributed by atoms with van der Waals surface area (Å²) in [6, 6.07) is 6.76. The van der Waals surface area contributed by atoms with Crippen LogP contribution in [0.2, 0.25) is 0 Å². The van der Waals surface area contributed by atoms with Crippen molar-refractivity contribution in [1.82, 2.24) is 5.32 Å². The Morgan fingerprint density at radius 2 is 1.86 bits per heavy atom. The standard InChI is InChI=1S/C17H24N2O3/c1-3-22-16(20)13-8-10-14(11-9-13)18-17(21)19-15-7-5-4-6-12(15)2/h8-12,15H,3-7H2,1-2H3,(H2,18,19,21)/t12-,15+/m1/s1. The maximum Gasteiger partial charge on any atom is 0.338 e. The normalized spacial score (nSPS) is 21.0. The Hall–Kier alpha value is -2.04. The Morgan fingerprint density at radius 3 is 2.50 bits per heavy atom. The summed E-state index contributed by atoms with van der Waals surface area (Å²) in [6.07, 6.45) is 4.62. The summed E-state index contributed by atoms with van der Waals surface area (Å²) in [5, 5.41) is 5.84. The first-order chi connectivity index (χ1) is 10.6. The maximum atomic E-state index is 12.0. The lowest BCUT2D eigenvalue weighted by molar-refractivity contribution is 0.0526. The number of rotatable bonds is 4. The molecule has 120 valence electrons. The number of anilines is 1. The van der Waals surface area contributed by atoms with E-state index in [0.29, 0.717) is 23.8 Å². The fourth-order valence-corrected chi connectivity index (χ4v) is 2.77.